The normalized spacial score (nSPS) is 10.9. The summed E-state index contributed by atoms with van der Waals surface area (Å²) in [7, 11) is 4.19. The molecule has 0 atom stereocenters. The van der Waals surface area contributed by atoms with Gasteiger partial charge in [-0.05, 0) is 12.1 Å². The van der Waals surface area contributed by atoms with E-state index < -0.39 is 0 Å². The van der Waals surface area contributed by atoms with Crippen LogP contribution >= 0.6 is 0 Å². The van der Waals surface area contributed by atoms with Gasteiger partial charge < -0.3 is 4.57 Å². The van der Waals surface area contributed by atoms with Crippen molar-refractivity contribution >= 4 is 24.3 Å². The van der Waals surface area contributed by atoms with E-state index in [2.05, 4.69) is 55.9 Å². The number of para-hydroxylation sites is 2. The van der Waals surface area contributed by atoms with Crippen LogP contribution in [0.1, 0.15) is 0 Å². The molecule has 0 fully saturated rings. The van der Waals surface area contributed by atoms with E-state index >= 15 is 0 Å². The van der Waals surface area contributed by atoms with Gasteiger partial charge >= 0.3 is 0 Å². The van der Waals surface area contributed by atoms with Gasteiger partial charge in [0.15, 0.2) is 0 Å². The zero-order valence-electron chi connectivity index (χ0n) is 10.0. The molecule has 1 aromatic heterocycles. The summed E-state index contributed by atoms with van der Waals surface area (Å²) in [6, 6.07) is 16.6. The second-order valence-electron chi connectivity index (χ2n) is 4.30. The van der Waals surface area contributed by atoms with Crippen molar-refractivity contribution in [2.75, 3.05) is 0 Å². The fourth-order valence-corrected chi connectivity index (χ4v) is 2.21. The molecule has 0 spiro atoms. The Kier molecular flexibility index (Phi) is 2.25. The average Bonchev–Trinajstić information content (AvgIpc) is 2.68. The van der Waals surface area contributed by atoms with E-state index in [1.807, 2.05) is 12.1 Å². The second-order valence-corrected chi connectivity index (χ2v) is 4.30. The fraction of sp³-hybridized carbons (Fsp3) is 0.0714. The van der Waals surface area contributed by atoms with E-state index in [9.17, 15) is 0 Å². The number of aryl methyl sites for hydroxylation is 1. The summed E-state index contributed by atoms with van der Waals surface area (Å²) in [4.78, 5) is 4.71. The summed E-state index contributed by atoms with van der Waals surface area (Å²) >= 11 is 0. The van der Waals surface area contributed by atoms with E-state index in [4.69, 9.17) is 4.98 Å². The lowest BCUT2D eigenvalue weighted by Gasteiger charge is -2.05. The molecule has 0 aliphatic heterocycles. The van der Waals surface area contributed by atoms with E-state index in [1.54, 1.807) is 0 Å². The van der Waals surface area contributed by atoms with Crippen molar-refractivity contribution in [2.24, 2.45) is 7.05 Å². The molecule has 0 saturated heterocycles. The SMILES string of the molecule is Bc1ccccc1-c1nc2ccccc2n1C. The second kappa shape index (κ2) is 3.77. The minimum atomic E-state index is 1.03. The molecule has 1 heterocycles. The smallest absolute Gasteiger partial charge is 0.140 e. The quantitative estimate of drug-likeness (QED) is 0.568. The molecule has 17 heavy (non-hydrogen) atoms. The number of hydrogen-bond acceptors (Lipinski definition) is 1. The fourth-order valence-electron chi connectivity index (χ4n) is 2.21. The number of rotatable bonds is 1. The molecule has 0 aliphatic carbocycles. The van der Waals surface area contributed by atoms with Crippen LogP contribution in [0.2, 0.25) is 0 Å². The van der Waals surface area contributed by atoms with Gasteiger partial charge in [-0.2, -0.15) is 0 Å². The summed E-state index contributed by atoms with van der Waals surface area (Å²) in [5.74, 6) is 1.03. The first-order valence-corrected chi connectivity index (χ1v) is 5.75. The van der Waals surface area contributed by atoms with Crippen molar-refractivity contribution < 1.29 is 0 Å². The maximum Gasteiger partial charge on any atom is 0.140 e. The highest BCUT2D eigenvalue weighted by Gasteiger charge is 2.10. The lowest BCUT2D eigenvalue weighted by atomic mass is 9.90. The lowest BCUT2D eigenvalue weighted by molar-refractivity contribution is 0.960. The average molecular weight is 220 g/mol. The molecule has 2 aromatic carbocycles. The monoisotopic (exact) mass is 220 g/mol. The molecule has 0 unspecified atom stereocenters. The van der Waals surface area contributed by atoms with E-state index in [0.717, 1.165) is 11.3 Å². The van der Waals surface area contributed by atoms with Crippen LogP contribution in [0.4, 0.5) is 0 Å². The largest absolute Gasteiger partial charge is 0.327 e. The van der Waals surface area contributed by atoms with E-state index in [1.165, 1.54) is 16.5 Å². The van der Waals surface area contributed by atoms with Crippen LogP contribution in [0.3, 0.4) is 0 Å². The van der Waals surface area contributed by atoms with Gasteiger partial charge in [0.05, 0.1) is 11.0 Å². The molecule has 2 nitrogen and oxygen atoms in total. The highest BCUT2D eigenvalue weighted by atomic mass is 15.1. The topological polar surface area (TPSA) is 17.8 Å². The van der Waals surface area contributed by atoms with Crippen molar-refractivity contribution in [3.63, 3.8) is 0 Å². The molecule has 3 rings (SSSR count). The molecule has 3 heteroatoms. The first-order valence-electron chi connectivity index (χ1n) is 5.75. The van der Waals surface area contributed by atoms with Gasteiger partial charge in [-0.3, -0.25) is 0 Å². The van der Waals surface area contributed by atoms with Gasteiger partial charge in [0, 0.05) is 12.6 Å². The summed E-state index contributed by atoms with van der Waals surface area (Å²) in [6.45, 7) is 0. The predicted octanol–water partition coefficient (Wildman–Crippen LogP) is 1.50. The van der Waals surface area contributed by atoms with E-state index in [-0.39, 0.29) is 0 Å². The molecule has 3 aromatic rings. The Bertz CT molecular complexity index is 686. The third-order valence-corrected chi connectivity index (χ3v) is 3.17. The van der Waals surface area contributed by atoms with Crippen LogP contribution < -0.4 is 5.46 Å². The van der Waals surface area contributed by atoms with Gasteiger partial charge in [0.2, 0.25) is 0 Å². The number of benzene rings is 2. The van der Waals surface area contributed by atoms with Gasteiger partial charge in [0.1, 0.15) is 13.7 Å². The standard InChI is InChI=1S/C14H13BN2/c1-17-13-9-5-4-8-12(13)16-14(17)10-6-2-3-7-11(10)15/h2-9H,15H2,1H3. The first kappa shape index (κ1) is 10.1. The van der Waals surface area contributed by atoms with Crippen LogP contribution in [0.5, 0.6) is 0 Å². The molecule has 0 aliphatic rings. The van der Waals surface area contributed by atoms with Gasteiger partial charge in [-0.25, -0.2) is 4.98 Å². The molecular formula is C14H13BN2. The Labute approximate surface area is 101 Å². The minimum absolute atomic E-state index is 1.03. The Morgan fingerprint density at radius 1 is 1.00 bits per heavy atom. The summed E-state index contributed by atoms with van der Waals surface area (Å²) in [5, 5.41) is 0. The molecule has 82 valence electrons. The van der Waals surface area contributed by atoms with Crippen molar-refractivity contribution in [1.29, 1.82) is 0 Å². The maximum absolute atomic E-state index is 4.71. The Hall–Kier alpha value is -2.03. The van der Waals surface area contributed by atoms with E-state index in [0.29, 0.717) is 0 Å². The lowest BCUT2D eigenvalue weighted by Crippen LogP contribution is -2.08. The Morgan fingerprint density at radius 3 is 2.47 bits per heavy atom. The third kappa shape index (κ3) is 1.55. The highest BCUT2D eigenvalue weighted by molar-refractivity contribution is 6.35. The number of hydrogen-bond donors (Lipinski definition) is 0. The molecule has 0 N–H and O–H groups in total. The van der Waals surface area contributed by atoms with Crippen LogP contribution in [0.15, 0.2) is 48.5 Å². The number of nitrogens with zero attached hydrogens (tertiary/aromatic N) is 2. The van der Waals surface area contributed by atoms with Crippen LogP contribution in [-0.2, 0) is 7.05 Å². The van der Waals surface area contributed by atoms with Gasteiger partial charge in [0.25, 0.3) is 0 Å². The first-order chi connectivity index (χ1) is 8.27. The summed E-state index contributed by atoms with van der Waals surface area (Å²) in [6.07, 6.45) is 0. The van der Waals surface area contributed by atoms with Crippen LogP contribution in [0.25, 0.3) is 22.4 Å². The zero-order valence-corrected chi connectivity index (χ0v) is 10.0. The third-order valence-electron chi connectivity index (χ3n) is 3.17. The van der Waals surface area contributed by atoms with Gasteiger partial charge in [-0.1, -0.05) is 41.9 Å². The van der Waals surface area contributed by atoms with Crippen LogP contribution in [-0.4, -0.2) is 17.4 Å². The van der Waals surface area contributed by atoms with Crippen LogP contribution in [0, 0.1) is 0 Å². The van der Waals surface area contributed by atoms with Gasteiger partial charge in [-0.15, -0.1) is 0 Å². The molecular weight excluding hydrogens is 207 g/mol. The number of fused-ring (bicyclic) bond motifs is 1. The summed E-state index contributed by atoms with van der Waals surface area (Å²) < 4.78 is 2.15. The highest BCUT2D eigenvalue weighted by Crippen LogP contribution is 2.21. The van der Waals surface area contributed by atoms with Crippen molar-refractivity contribution in [2.45, 2.75) is 0 Å². The molecule has 0 amide bonds. The predicted molar refractivity (Wildman–Crippen MR) is 74.3 cm³/mol. The molecule has 0 radical (unpaired) electrons. The zero-order chi connectivity index (χ0) is 11.8. The molecule has 0 bridgehead atoms. The molecule has 0 saturated carbocycles. The Balaban J connectivity index is 2.32. The van der Waals surface area contributed by atoms with Crippen molar-refractivity contribution in [3.05, 3.63) is 48.5 Å². The van der Waals surface area contributed by atoms with Crippen molar-refractivity contribution in [3.8, 4) is 11.4 Å². The number of aromatic nitrogens is 2. The summed E-state index contributed by atoms with van der Waals surface area (Å²) in [5.41, 5.74) is 4.68. The number of imidazole rings is 1. The Morgan fingerprint density at radius 2 is 1.71 bits per heavy atom. The maximum atomic E-state index is 4.71. The van der Waals surface area contributed by atoms with Crippen molar-refractivity contribution in [1.82, 2.24) is 9.55 Å². The minimum Gasteiger partial charge on any atom is -0.327 e.